The van der Waals surface area contributed by atoms with E-state index in [4.69, 9.17) is 9.47 Å². The minimum atomic E-state index is -0.195. The number of carbonyl (C=O) groups is 2. The fourth-order valence-corrected chi connectivity index (χ4v) is 5.26. The van der Waals surface area contributed by atoms with Crippen molar-refractivity contribution in [3.8, 4) is 21.9 Å². The molecule has 0 atom stereocenters. The Labute approximate surface area is 179 Å². The van der Waals surface area contributed by atoms with Crippen LogP contribution in [0, 0.1) is 0 Å². The number of nitrogens with zero attached hydrogens (tertiary/aromatic N) is 1. The molecule has 2 aliphatic rings. The van der Waals surface area contributed by atoms with Gasteiger partial charge < -0.3 is 9.47 Å². The van der Waals surface area contributed by atoms with Crippen LogP contribution in [0.2, 0.25) is 0 Å². The summed E-state index contributed by atoms with van der Waals surface area (Å²) in [6.07, 6.45) is 4.10. The summed E-state index contributed by atoms with van der Waals surface area (Å²) in [4.78, 5) is 28.7. The molecule has 30 heavy (non-hydrogen) atoms. The Bertz CT molecular complexity index is 1130. The second-order valence-corrected chi connectivity index (χ2v) is 8.55. The molecule has 3 heterocycles. The third-order valence-electron chi connectivity index (χ3n) is 5.77. The number of benzene rings is 2. The molecule has 5 nitrogen and oxygen atoms in total. The molecular formula is C24H23NO4S. The van der Waals surface area contributed by atoms with Gasteiger partial charge in [0.15, 0.2) is 11.5 Å². The molecule has 0 saturated carbocycles. The first-order valence-corrected chi connectivity index (χ1v) is 11.4. The maximum atomic E-state index is 13.2. The van der Waals surface area contributed by atoms with E-state index in [0.717, 1.165) is 58.4 Å². The normalized spacial score (nSPS) is 15.2. The first-order chi connectivity index (χ1) is 14.7. The lowest BCUT2D eigenvalue weighted by Crippen LogP contribution is -2.40. The van der Waals surface area contributed by atoms with E-state index in [1.165, 1.54) is 4.90 Å². The van der Waals surface area contributed by atoms with Crippen molar-refractivity contribution < 1.29 is 19.1 Å². The molecule has 3 aromatic rings. The summed E-state index contributed by atoms with van der Waals surface area (Å²) in [6.45, 7) is 3.68. The van der Waals surface area contributed by atoms with Gasteiger partial charge in [-0.1, -0.05) is 44.4 Å². The lowest BCUT2D eigenvalue weighted by Gasteiger charge is -2.28. The Morgan fingerprint density at radius 1 is 0.933 bits per heavy atom. The van der Waals surface area contributed by atoms with Gasteiger partial charge in [-0.25, -0.2) is 0 Å². The van der Waals surface area contributed by atoms with Crippen molar-refractivity contribution in [2.45, 2.75) is 32.6 Å². The molecule has 0 aliphatic carbocycles. The topological polar surface area (TPSA) is 55.8 Å². The quantitative estimate of drug-likeness (QED) is 0.389. The first kappa shape index (κ1) is 19.1. The van der Waals surface area contributed by atoms with E-state index in [9.17, 15) is 9.59 Å². The molecule has 0 spiro atoms. The molecule has 2 amide bonds. The van der Waals surface area contributed by atoms with Crippen molar-refractivity contribution in [2.24, 2.45) is 0 Å². The number of imide groups is 1. The van der Waals surface area contributed by atoms with Crippen LogP contribution in [0.5, 0.6) is 11.5 Å². The minimum absolute atomic E-state index is 0.195. The van der Waals surface area contributed by atoms with Crippen LogP contribution in [0.3, 0.4) is 0 Å². The zero-order valence-corrected chi connectivity index (χ0v) is 17.7. The van der Waals surface area contributed by atoms with Crippen molar-refractivity contribution >= 4 is 33.9 Å². The van der Waals surface area contributed by atoms with Gasteiger partial charge in [0.2, 0.25) is 0 Å². The molecule has 2 aromatic carbocycles. The summed E-state index contributed by atoms with van der Waals surface area (Å²) in [5.74, 6) is 1.11. The number of amides is 2. The lowest BCUT2D eigenvalue weighted by molar-refractivity contribution is 0.0608. The highest BCUT2D eigenvalue weighted by atomic mass is 32.1. The van der Waals surface area contributed by atoms with Gasteiger partial charge in [-0.3, -0.25) is 14.5 Å². The second-order valence-electron chi connectivity index (χ2n) is 7.67. The molecule has 0 N–H and O–H groups in total. The summed E-state index contributed by atoms with van der Waals surface area (Å²) in [7, 11) is 0. The van der Waals surface area contributed by atoms with Gasteiger partial charge in [-0.05, 0) is 23.9 Å². The predicted octanol–water partition coefficient (Wildman–Crippen LogP) is 5.52. The van der Waals surface area contributed by atoms with Crippen LogP contribution in [-0.2, 0) is 0 Å². The SMILES string of the molecule is CCCCCCN1C(=O)c2cccc3c(-c4scc5c4OCCO5)ccc(c23)C1=O. The van der Waals surface area contributed by atoms with Gasteiger partial charge in [0.25, 0.3) is 11.8 Å². The average Bonchev–Trinajstić information content (AvgIpc) is 3.20. The molecular weight excluding hydrogens is 398 g/mol. The zero-order valence-electron chi connectivity index (χ0n) is 16.9. The van der Waals surface area contributed by atoms with Gasteiger partial charge in [0, 0.05) is 34.0 Å². The van der Waals surface area contributed by atoms with E-state index in [1.54, 1.807) is 11.3 Å². The van der Waals surface area contributed by atoms with Crippen LogP contribution in [0.1, 0.15) is 53.3 Å². The summed E-state index contributed by atoms with van der Waals surface area (Å²) in [5, 5.41) is 3.60. The van der Waals surface area contributed by atoms with Crippen LogP contribution in [-0.4, -0.2) is 36.5 Å². The highest BCUT2D eigenvalue weighted by Crippen LogP contribution is 2.48. The molecule has 0 unspecified atom stereocenters. The van der Waals surface area contributed by atoms with Crippen molar-refractivity contribution in [3.63, 3.8) is 0 Å². The highest BCUT2D eigenvalue weighted by molar-refractivity contribution is 7.14. The monoisotopic (exact) mass is 421 g/mol. The summed E-state index contributed by atoms with van der Waals surface area (Å²) in [6, 6.07) is 9.52. The Balaban J connectivity index is 1.59. The molecule has 2 aliphatic heterocycles. The fourth-order valence-electron chi connectivity index (χ4n) is 4.29. The number of ether oxygens (including phenoxy) is 2. The number of rotatable bonds is 6. The average molecular weight is 422 g/mol. The minimum Gasteiger partial charge on any atom is -0.485 e. The van der Waals surface area contributed by atoms with E-state index in [2.05, 4.69) is 6.92 Å². The Morgan fingerprint density at radius 2 is 1.70 bits per heavy atom. The Hall–Kier alpha value is -2.86. The number of hydrogen-bond acceptors (Lipinski definition) is 5. The molecule has 0 radical (unpaired) electrons. The van der Waals surface area contributed by atoms with Gasteiger partial charge in [-0.15, -0.1) is 11.3 Å². The second kappa shape index (κ2) is 7.76. The summed E-state index contributed by atoms with van der Waals surface area (Å²) >= 11 is 1.56. The number of hydrogen-bond donors (Lipinski definition) is 0. The van der Waals surface area contributed by atoms with Crippen molar-refractivity contribution in [1.29, 1.82) is 0 Å². The smallest absolute Gasteiger partial charge is 0.261 e. The number of thiophene rings is 1. The first-order valence-electron chi connectivity index (χ1n) is 10.5. The van der Waals surface area contributed by atoms with Crippen molar-refractivity contribution in [2.75, 3.05) is 19.8 Å². The maximum Gasteiger partial charge on any atom is 0.261 e. The van der Waals surface area contributed by atoms with E-state index in [-0.39, 0.29) is 11.8 Å². The maximum absolute atomic E-state index is 13.2. The van der Waals surface area contributed by atoms with Crippen molar-refractivity contribution in [1.82, 2.24) is 4.90 Å². The lowest BCUT2D eigenvalue weighted by atomic mass is 9.90. The third-order valence-corrected chi connectivity index (χ3v) is 6.75. The Kier molecular flexibility index (Phi) is 4.95. The largest absolute Gasteiger partial charge is 0.485 e. The molecule has 0 bridgehead atoms. The molecule has 5 rings (SSSR count). The summed E-state index contributed by atoms with van der Waals surface area (Å²) < 4.78 is 11.6. The van der Waals surface area contributed by atoms with Gasteiger partial charge in [-0.2, -0.15) is 0 Å². The molecule has 154 valence electrons. The van der Waals surface area contributed by atoms with E-state index < -0.39 is 0 Å². The van der Waals surface area contributed by atoms with Gasteiger partial charge in [0.1, 0.15) is 13.2 Å². The van der Waals surface area contributed by atoms with Crippen LogP contribution in [0.4, 0.5) is 0 Å². The summed E-state index contributed by atoms with van der Waals surface area (Å²) in [5.41, 5.74) is 2.16. The third kappa shape index (κ3) is 2.98. The molecule has 1 aromatic heterocycles. The van der Waals surface area contributed by atoms with E-state index >= 15 is 0 Å². The Morgan fingerprint density at radius 3 is 2.53 bits per heavy atom. The van der Waals surface area contributed by atoms with Crippen LogP contribution < -0.4 is 9.47 Å². The van der Waals surface area contributed by atoms with Crippen LogP contribution in [0.25, 0.3) is 21.2 Å². The number of fused-ring (bicyclic) bond motifs is 1. The number of unbranched alkanes of at least 4 members (excludes halogenated alkanes) is 3. The number of carbonyl (C=O) groups excluding carboxylic acids is 2. The van der Waals surface area contributed by atoms with Crippen LogP contribution in [0.15, 0.2) is 35.7 Å². The van der Waals surface area contributed by atoms with Crippen LogP contribution >= 0.6 is 11.3 Å². The fraction of sp³-hybridized carbons (Fsp3) is 0.333. The zero-order chi connectivity index (χ0) is 20.7. The predicted molar refractivity (Wildman–Crippen MR) is 118 cm³/mol. The molecule has 0 saturated heterocycles. The van der Waals surface area contributed by atoms with E-state index in [0.29, 0.717) is 30.9 Å². The molecule has 6 heteroatoms. The standard InChI is InChI=1S/C24H23NO4S/c1-2-3-4-5-11-25-23(26)17-8-6-7-15-16(9-10-18(20(15)17)24(25)27)22-21-19(14-30-22)28-12-13-29-21/h6-10,14H,2-5,11-13H2,1H3. The van der Waals surface area contributed by atoms with E-state index in [1.807, 2.05) is 35.7 Å². The highest BCUT2D eigenvalue weighted by Gasteiger charge is 2.33. The van der Waals surface area contributed by atoms with Gasteiger partial charge >= 0.3 is 0 Å². The molecule has 0 fully saturated rings. The van der Waals surface area contributed by atoms with Gasteiger partial charge in [0.05, 0.1) is 4.88 Å². The van der Waals surface area contributed by atoms with Crippen molar-refractivity contribution in [3.05, 3.63) is 46.8 Å².